The highest BCUT2D eigenvalue weighted by molar-refractivity contribution is 5.96. The minimum absolute atomic E-state index is 0.0238. The Balaban J connectivity index is 1.84. The van der Waals surface area contributed by atoms with Gasteiger partial charge in [0, 0.05) is 6.04 Å². The standard InChI is InChI=1S/C16H20FN3O4/c1-24-15(22)10-6-7-12(17)13(8-10)18-9-14(21)20-16(23)19-11-4-2-3-5-11/h6-8,11,18H,2-5,9H2,1H3,(H2,19,20,21,23). The second-order valence-corrected chi connectivity index (χ2v) is 5.54. The van der Waals surface area contributed by atoms with E-state index in [1.54, 1.807) is 0 Å². The van der Waals surface area contributed by atoms with E-state index >= 15 is 0 Å². The van der Waals surface area contributed by atoms with Crippen molar-refractivity contribution >= 4 is 23.6 Å². The lowest BCUT2D eigenvalue weighted by atomic mass is 10.2. The monoisotopic (exact) mass is 337 g/mol. The number of benzene rings is 1. The maximum Gasteiger partial charge on any atom is 0.337 e. The van der Waals surface area contributed by atoms with Gasteiger partial charge >= 0.3 is 12.0 Å². The molecule has 7 nitrogen and oxygen atoms in total. The topological polar surface area (TPSA) is 96.5 Å². The Morgan fingerprint density at radius 2 is 1.96 bits per heavy atom. The normalized spacial score (nSPS) is 14.1. The molecule has 0 aromatic heterocycles. The van der Waals surface area contributed by atoms with Crippen molar-refractivity contribution in [1.82, 2.24) is 10.6 Å². The van der Waals surface area contributed by atoms with E-state index in [-0.39, 0.29) is 23.8 Å². The summed E-state index contributed by atoms with van der Waals surface area (Å²) in [7, 11) is 1.22. The van der Waals surface area contributed by atoms with Gasteiger partial charge in [-0.2, -0.15) is 0 Å². The fraction of sp³-hybridized carbons (Fsp3) is 0.438. The number of urea groups is 1. The number of rotatable bonds is 5. The van der Waals surface area contributed by atoms with Gasteiger partial charge < -0.3 is 15.4 Å². The van der Waals surface area contributed by atoms with Gasteiger partial charge in [0.2, 0.25) is 5.91 Å². The summed E-state index contributed by atoms with van der Waals surface area (Å²) in [6.07, 6.45) is 3.95. The number of hydrogen-bond donors (Lipinski definition) is 3. The second-order valence-electron chi connectivity index (χ2n) is 5.54. The molecule has 24 heavy (non-hydrogen) atoms. The van der Waals surface area contributed by atoms with Crippen molar-refractivity contribution in [3.63, 3.8) is 0 Å². The van der Waals surface area contributed by atoms with E-state index in [9.17, 15) is 18.8 Å². The number of carbonyl (C=O) groups is 3. The maximum atomic E-state index is 13.7. The van der Waals surface area contributed by atoms with Crippen LogP contribution in [0.1, 0.15) is 36.0 Å². The van der Waals surface area contributed by atoms with Crippen molar-refractivity contribution < 1.29 is 23.5 Å². The fourth-order valence-electron chi connectivity index (χ4n) is 2.54. The lowest BCUT2D eigenvalue weighted by Gasteiger charge is -2.13. The quantitative estimate of drug-likeness (QED) is 0.712. The lowest BCUT2D eigenvalue weighted by molar-refractivity contribution is -0.118. The molecule has 1 aromatic carbocycles. The van der Waals surface area contributed by atoms with Crippen LogP contribution >= 0.6 is 0 Å². The first-order valence-electron chi connectivity index (χ1n) is 7.71. The Kier molecular flexibility index (Phi) is 6.11. The van der Waals surface area contributed by atoms with Crippen LogP contribution < -0.4 is 16.0 Å². The number of carbonyl (C=O) groups excluding carboxylic acids is 3. The summed E-state index contributed by atoms with van der Waals surface area (Å²) in [6, 6.07) is 3.16. The van der Waals surface area contributed by atoms with Crippen LogP contribution in [0.5, 0.6) is 0 Å². The van der Waals surface area contributed by atoms with Crippen LogP contribution in [0.15, 0.2) is 18.2 Å². The molecule has 0 saturated heterocycles. The molecule has 0 atom stereocenters. The predicted octanol–water partition coefficient (Wildman–Crippen LogP) is 1.79. The zero-order valence-electron chi connectivity index (χ0n) is 13.4. The molecule has 3 N–H and O–H groups in total. The van der Waals surface area contributed by atoms with Crippen molar-refractivity contribution in [3.05, 3.63) is 29.6 Å². The average molecular weight is 337 g/mol. The van der Waals surface area contributed by atoms with Crippen LogP contribution in [0, 0.1) is 5.82 Å². The molecular formula is C16H20FN3O4. The molecule has 1 aliphatic rings. The number of nitrogens with one attached hydrogen (secondary N) is 3. The van der Waals surface area contributed by atoms with Crippen LogP contribution in [0.25, 0.3) is 0 Å². The number of anilines is 1. The summed E-state index contributed by atoms with van der Waals surface area (Å²) in [5, 5.41) is 7.45. The molecule has 0 aliphatic heterocycles. The first-order chi connectivity index (χ1) is 11.5. The zero-order valence-corrected chi connectivity index (χ0v) is 13.4. The summed E-state index contributed by atoms with van der Waals surface area (Å²) in [4.78, 5) is 34.8. The molecule has 1 aromatic rings. The Bertz CT molecular complexity index is 630. The molecule has 8 heteroatoms. The molecule has 0 spiro atoms. The number of methoxy groups -OCH3 is 1. The molecule has 3 amide bonds. The van der Waals surface area contributed by atoms with Crippen LogP contribution in [-0.4, -0.2) is 37.6 Å². The van der Waals surface area contributed by atoms with Crippen LogP contribution in [0.3, 0.4) is 0 Å². The number of amides is 3. The number of imide groups is 1. The largest absolute Gasteiger partial charge is 0.465 e. The van der Waals surface area contributed by atoms with Gasteiger partial charge in [0.1, 0.15) is 5.82 Å². The van der Waals surface area contributed by atoms with Gasteiger partial charge in [-0.3, -0.25) is 10.1 Å². The number of hydrogen-bond acceptors (Lipinski definition) is 5. The first-order valence-corrected chi connectivity index (χ1v) is 7.71. The molecule has 2 rings (SSSR count). The van der Waals surface area contributed by atoms with Crippen LogP contribution in [0.4, 0.5) is 14.9 Å². The molecule has 130 valence electrons. The Morgan fingerprint density at radius 3 is 2.62 bits per heavy atom. The van der Waals surface area contributed by atoms with E-state index in [1.165, 1.54) is 19.2 Å². The number of ether oxygens (including phenoxy) is 1. The lowest BCUT2D eigenvalue weighted by Crippen LogP contribution is -2.45. The third-order valence-electron chi connectivity index (χ3n) is 3.77. The SMILES string of the molecule is COC(=O)c1ccc(F)c(NCC(=O)NC(=O)NC2CCCC2)c1. The average Bonchev–Trinajstić information content (AvgIpc) is 3.06. The van der Waals surface area contributed by atoms with E-state index in [1.807, 2.05) is 0 Å². The number of esters is 1. The van der Waals surface area contributed by atoms with E-state index in [2.05, 4.69) is 20.7 Å². The third-order valence-corrected chi connectivity index (χ3v) is 3.77. The Hall–Kier alpha value is -2.64. The van der Waals surface area contributed by atoms with Gasteiger partial charge in [-0.15, -0.1) is 0 Å². The van der Waals surface area contributed by atoms with Gasteiger partial charge in [0.15, 0.2) is 0 Å². The van der Waals surface area contributed by atoms with Gasteiger partial charge in [0.05, 0.1) is 24.9 Å². The highest BCUT2D eigenvalue weighted by Gasteiger charge is 2.18. The molecule has 0 unspecified atom stereocenters. The predicted molar refractivity (Wildman–Crippen MR) is 85.2 cm³/mol. The van der Waals surface area contributed by atoms with E-state index < -0.39 is 23.7 Å². The third kappa shape index (κ3) is 4.94. The van der Waals surface area contributed by atoms with Crippen molar-refractivity contribution in [2.45, 2.75) is 31.7 Å². The highest BCUT2D eigenvalue weighted by atomic mass is 19.1. The summed E-state index contributed by atoms with van der Waals surface area (Å²) < 4.78 is 18.2. The van der Waals surface area contributed by atoms with E-state index in [4.69, 9.17) is 0 Å². The smallest absolute Gasteiger partial charge is 0.337 e. The number of halogens is 1. The van der Waals surface area contributed by atoms with E-state index in [0.717, 1.165) is 31.7 Å². The van der Waals surface area contributed by atoms with Gasteiger partial charge in [-0.05, 0) is 31.0 Å². The zero-order chi connectivity index (χ0) is 17.5. The summed E-state index contributed by atoms with van der Waals surface area (Å²) >= 11 is 0. The molecule has 0 radical (unpaired) electrons. The van der Waals surface area contributed by atoms with Crippen molar-refractivity contribution in [2.75, 3.05) is 19.0 Å². The highest BCUT2D eigenvalue weighted by Crippen LogP contribution is 2.17. The van der Waals surface area contributed by atoms with Crippen LogP contribution in [-0.2, 0) is 9.53 Å². The second kappa shape index (κ2) is 8.28. The van der Waals surface area contributed by atoms with Gasteiger partial charge in [-0.1, -0.05) is 12.8 Å². The van der Waals surface area contributed by atoms with Crippen molar-refractivity contribution in [3.8, 4) is 0 Å². The Labute approximate surface area is 138 Å². The molecule has 0 bridgehead atoms. The summed E-state index contributed by atoms with van der Waals surface area (Å²) in [6.45, 7) is -0.306. The minimum Gasteiger partial charge on any atom is -0.465 e. The first kappa shape index (κ1) is 17.7. The van der Waals surface area contributed by atoms with Crippen molar-refractivity contribution in [1.29, 1.82) is 0 Å². The van der Waals surface area contributed by atoms with Crippen LogP contribution in [0.2, 0.25) is 0 Å². The Morgan fingerprint density at radius 1 is 1.25 bits per heavy atom. The molecule has 1 saturated carbocycles. The van der Waals surface area contributed by atoms with E-state index in [0.29, 0.717) is 0 Å². The molecule has 0 heterocycles. The van der Waals surface area contributed by atoms with Gasteiger partial charge in [0.25, 0.3) is 0 Å². The van der Waals surface area contributed by atoms with Gasteiger partial charge in [-0.25, -0.2) is 14.0 Å². The summed E-state index contributed by atoms with van der Waals surface area (Å²) in [5.74, 6) is -1.84. The minimum atomic E-state index is -0.620. The maximum absolute atomic E-state index is 13.7. The molecule has 1 fully saturated rings. The molecular weight excluding hydrogens is 317 g/mol. The molecule has 1 aliphatic carbocycles. The van der Waals surface area contributed by atoms with Crippen molar-refractivity contribution in [2.24, 2.45) is 0 Å². The fourth-order valence-corrected chi connectivity index (χ4v) is 2.54. The summed E-state index contributed by atoms with van der Waals surface area (Å²) in [5.41, 5.74) is 0.130.